The molecule has 0 aliphatic heterocycles. The van der Waals surface area contributed by atoms with Crippen molar-refractivity contribution in [1.82, 2.24) is 9.91 Å². The predicted octanol–water partition coefficient (Wildman–Crippen LogP) is 0.854. The molecule has 0 aliphatic carbocycles. The van der Waals surface area contributed by atoms with Crippen LogP contribution in [0.15, 0.2) is 21.7 Å². The largest absolute Gasteiger partial charge is 0.433 e. The second-order valence-corrected chi connectivity index (χ2v) is 4.30. The fourth-order valence-corrected chi connectivity index (χ4v) is 1.40. The molecule has 0 fully saturated rings. The van der Waals surface area contributed by atoms with Crippen molar-refractivity contribution in [1.29, 1.82) is 0 Å². The minimum absolute atomic E-state index is 0.176. The monoisotopic (exact) mass is 283 g/mol. The van der Waals surface area contributed by atoms with Crippen LogP contribution in [0.25, 0.3) is 0 Å². The van der Waals surface area contributed by atoms with Crippen LogP contribution in [0.3, 0.4) is 0 Å². The number of nitrogens with two attached hydrogens (primary N) is 1. The Hall–Kier alpha value is -2.42. The van der Waals surface area contributed by atoms with Gasteiger partial charge in [0.2, 0.25) is 0 Å². The summed E-state index contributed by atoms with van der Waals surface area (Å²) in [6.07, 6.45) is 1.92. The number of urea groups is 1. The summed E-state index contributed by atoms with van der Waals surface area (Å²) in [5, 5.41) is 15.4. The van der Waals surface area contributed by atoms with Gasteiger partial charge >= 0.3 is 11.9 Å². The van der Waals surface area contributed by atoms with Gasteiger partial charge < -0.3 is 15.1 Å². The molecule has 0 bridgehead atoms. The molecule has 1 heterocycles. The number of furan rings is 1. The minimum atomic E-state index is -0.693. The SMILES string of the molecule is CN(C)CCCN(/N=C\c1ccc([N+](=O)[O-])o1)C(N)=O. The van der Waals surface area contributed by atoms with Crippen molar-refractivity contribution in [3.63, 3.8) is 0 Å². The Morgan fingerprint density at radius 2 is 2.20 bits per heavy atom. The predicted molar refractivity (Wildman–Crippen MR) is 72.4 cm³/mol. The number of hydrogen-bond acceptors (Lipinski definition) is 6. The van der Waals surface area contributed by atoms with Crippen molar-refractivity contribution in [2.75, 3.05) is 27.2 Å². The average molecular weight is 283 g/mol. The summed E-state index contributed by atoms with van der Waals surface area (Å²) in [7, 11) is 3.83. The summed E-state index contributed by atoms with van der Waals surface area (Å²) in [4.78, 5) is 23.0. The summed E-state index contributed by atoms with van der Waals surface area (Å²) in [6, 6.07) is 1.91. The van der Waals surface area contributed by atoms with Crippen molar-refractivity contribution in [3.8, 4) is 0 Å². The summed E-state index contributed by atoms with van der Waals surface area (Å²) >= 11 is 0. The van der Waals surface area contributed by atoms with Crippen LogP contribution in [-0.4, -0.2) is 54.3 Å². The molecular weight excluding hydrogens is 266 g/mol. The Balaban J connectivity index is 2.61. The molecule has 0 unspecified atom stereocenters. The highest BCUT2D eigenvalue weighted by atomic mass is 16.6. The van der Waals surface area contributed by atoms with Gasteiger partial charge in [-0.2, -0.15) is 5.10 Å². The minimum Gasteiger partial charge on any atom is -0.400 e. The standard InChI is InChI=1S/C11H17N5O4/c1-14(2)6-3-7-15(11(12)17)13-8-9-4-5-10(20-9)16(18)19/h4-5,8H,3,6-7H2,1-2H3,(H2,12,17)/b13-8-. The van der Waals surface area contributed by atoms with Gasteiger partial charge in [0.05, 0.1) is 12.3 Å². The smallest absolute Gasteiger partial charge is 0.400 e. The lowest BCUT2D eigenvalue weighted by Crippen LogP contribution is -2.33. The molecule has 0 spiro atoms. The van der Waals surface area contributed by atoms with E-state index in [-0.39, 0.29) is 11.6 Å². The highest BCUT2D eigenvalue weighted by molar-refractivity contribution is 5.79. The van der Waals surface area contributed by atoms with Gasteiger partial charge in [0.25, 0.3) is 0 Å². The first-order valence-corrected chi connectivity index (χ1v) is 5.90. The van der Waals surface area contributed by atoms with Crippen LogP contribution < -0.4 is 5.73 Å². The molecule has 0 aromatic carbocycles. The van der Waals surface area contributed by atoms with Gasteiger partial charge in [-0.15, -0.1) is 0 Å². The summed E-state index contributed by atoms with van der Waals surface area (Å²) in [6.45, 7) is 1.14. The van der Waals surface area contributed by atoms with E-state index in [2.05, 4.69) is 5.10 Å². The maximum absolute atomic E-state index is 11.2. The third-order valence-corrected chi connectivity index (χ3v) is 2.35. The van der Waals surface area contributed by atoms with Gasteiger partial charge in [-0.05, 0) is 33.1 Å². The van der Waals surface area contributed by atoms with Gasteiger partial charge in [0, 0.05) is 6.54 Å². The first-order valence-electron chi connectivity index (χ1n) is 5.90. The van der Waals surface area contributed by atoms with Gasteiger partial charge in [-0.3, -0.25) is 10.1 Å². The molecule has 9 nitrogen and oxygen atoms in total. The van der Waals surface area contributed by atoms with Crippen LogP contribution in [0.2, 0.25) is 0 Å². The first kappa shape index (κ1) is 15.6. The third kappa shape index (κ3) is 5.06. The Kier molecular flexibility index (Phi) is 5.66. The number of carbonyl (C=O) groups is 1. The number of nitrogens with zero attached hydrogens (tertiary/aromatic N) is 4. The lowest BCUT2D eigenvalue weighted by Gasteiger charge is -2.15. The fraction of sp³-hybridized carbons (Fsp3) is 0.455. The molecule has 0 aliphatic rings. The molecule has 1 aromatic heterocycles. The topological polar surface area (TPSA) is 118 Å². The summed E-state index contributed by atoms with van der Waals surface area (Å²) < 4.78 is 4.88. The zero-order chi connectivity index (χ0) is 15.1. The van der Waals surface area contributed by atoms with E-state index in [0.717, 1.165) is 11.6 Å². The van der Waals surface area contributed by atoms with Crippen molar-refractivity contribution in [2.24, 2.45) is 10.8 Å². The number of primary amides is 1. The van der Waals surface area contributed by atoms with Crippen molar-refractivity contribution < 1.29 is 14.1 Å². The molecule has 1 rings (SSSR count). The number of hydrogen-bond donors (Lipinski definition) is 1. The fourth-order valence-electron chi connectivity index (χ4n) is 1.40. The lowest BCUT2D eigenvalue weighted by atomic mass is 10.4. The Bertz CT molecular complexity index is 497. The third-order valence-electron chi connectivity index (χ3n) is 2.35. The molecule has 0 saturated carbocycles. The molecule has 1 aromatic rings. The van der Waals surface area contributed by atoms with Crippen LogP contribution in [0, 0.1) is 10.1 Å². The maximum atomic E-state index is 11.2. The lowest BCUT2D eigenvalue weighted by molar-refractivity contribution is -0.402. The molecular formula is C11H17N5O4. The number of hydrazone groups is 1. The average Bonchev–Trinajstić information content (AvgIpc) is 2.81. The van der Waals surface area contributed by atoms with E-state index >= 15 is 0 Å². The first-order chi connectivity index (χ1) is 9.40. The van der Waals surface area contributed by atoms with E-state index in [0.29, 0.717) is 13.0 Å². The van der Waals surface area contributed by atoms with E-state index < -0.39 is 11.0 Å². The summed E-state index contributed by atoms with van der Waals surface area (Å²) in [5.74, 6) is -0.208. The Labute approximate surface area is 115 Å². The maximum Gasteiger partial charge on any atom is 0.433 e. The quantitative estimate of drug-likeness (QED) is 0.452. The highest BCUT2D eigenvalue weighted by Crippen LogP contribution is 2.14. The van der Waals surface area contributed by atoms with E-state index in [1.807, 2.05) is 19.0 Å². The Morgan fingerprint density at radius 3 is 2.70 bits per heavy atom. The van der Waals surface area contributed by atoms with Crippen LogP contribution in [0.4, 0.5) is 10.7 Å². The molecule has 20 heavy (non-hydrogen) atoms. The molecule has 0 atom stereocenters. The van der Waals surface area contributed by atoms with Gasteiger partial charge in [0.15, 0.2) is 5.76 Å². The second-order valence-electron chi connectivity index (χ2n) is 4.30. The van der Waals surface area contributed by atoms with Crippen molar-refractivity contribution in [3.05, 3.63) is 28.0 Å². The number of nitro groups is 1. The number of rotatable bonds is 7. The van der Waals surface area contributed by atoms with Gasteiger partial charge in [-0.1, -0.05) is 0 Å². The molecule has 0 radical (unpaired) electrons. The molecule has 9 heteroatoms. The normalized spacial score (nSPS) is 11.2. The molecule has 2 N–H and O–H groups in total. The zero-order valence-electron chi connectivity index (χ0n) is 11.4. The van der Waals surface area contributed by atoms with Crippen molar-refractivity contribution in [2.45, 2.75) is 6.42 Å². The van der Waals surface area contributed by atoms with E-state index in [9.17, 15) is 14.9 Å². The second kappa shape index (κ2) is 7.24. The van der Waals surface area contributed by atoms with Crippen molar-refractivity contribution >= 4 is 18.1 Å². The van der Waals surface area contributed by atoms with Crippen LogP contribution in [0.5, 0.6) is 0 Å². The van der Waals surface area contributed by atoms with E-state index in [1.165, 1.54) is 18.3 Å². The van der Waals surface area contributed by atoms with Crippen LogP contribution in [0.1, 0.15) is 12.2 Å². The summed E-state index contributed by atoms with van der Waals surface area (Å²) in [5.41, 5.74) is 5.19. The Morgan fingerprint density at radius 1 is 1.50 bits per heavy atom. The van der Waals surface area contributed by atoms with Crippen LogP contribution >= 0.6 is 0 Å². The van der Waals surface area contributed by atoms with E-state index in [1.54, 1.807) is 0 Å². The highest BCUT2D eigenvalue weighted by Gasteiger charge is 2.11. The van der Waals surface area contributed by atoms with Gasteiger partial charge in [-0.25, -0.2) is 9.80 Å². The van der Waals surface area contributed by atoms with Crippen LogP contribution in [-0.2, 0) is 0 Å². The van der Waals surface area contributed by atoms with E-state index in [4.69, 9.17) is 10.2 Å². The van der Waals surface area contributed by atoms with Gasteiger partial charge in [0.1, 0.15) is 4.92 Å². The molecule has 2 amide bonds. The number of carbonyl (C=O) groups excluding carboxylic acids is 1. The molecule has 0 saturated heterocycles. The number of amides is 2. The molecule has 110 valence electrons. The zero-order valence-corrected chi connectivity index (χ0v) is 11.4.